The summed E-state index contributed by atoms with van der Waals surface area (Å²) in [6, 6.07) is 5.71. The van der Waals surface area contributed by atoms with Crippen molar-refractivity contribution in [1.29, 1.82) is 0 Å². The van der Waals surface area contributed by atoms with Gasteiger partial charge in [-0.3, -0.25) is 9.38 Å². The minimum Gasteiger partial charge on any atom is -0.267 e. The van der Waals surface area contributed by atoms with Crippen molar-refractivity contribution in [2.24, 2.45) is 0 Å². The number of hydrogen-bond donors (Lipinski definition) is 0. The molecule has 3 heterocycles. The maximum atomic E-state index is 5.91. The molecule has 0 N–H and O–H groups in total. The Morgan fingerprint density at radius 3 is 2.95 bits per heavy atom. The third-order valence-corrected chi connectivity index (χ3v) is 3.15. The third kappa shape index (κ3) is 2.42. The van der Waals surface area contributed by atoms with Crippen molar-refractivity contribution >= 4 is 17.2 Å². The van der Waals surface area contributed by atoms with Crippen molar-refractivity contribution in [2.45, 2.75) is 19.8 Å². The predicted molar refractivity (Wildman–Crippen MR) is 72.2 cm³/mol. The van der Waals surface area contributed by atoms with E-state index in [0.717, 1.165) is 30.1 Å². The average molecular weight is 274 g/mol. The zero-order chi connectivity index (χ0) is 13.2. The molecule has 5 nitrogen and oxygen atoms in total. The van der Waals surface area contributed by atoms with Gasteiger partial charge in [0.05, 0.1) is 0 Å². The quantitative estimate of drug-likeness (QED) is 0.687. The van der Waals surface area contributed by atoms with Crippen molar-refractivity contribution in [2.75, 3.05) is 0 Å². The number of aromatic nitrogens is 5. The third-order valence-electron chi connectivity index (χ3n) is 2.96. The molecular weight excluding hydrogens is 262 g/mol. The molecule has 0 atom stereocenters. The molecule has 3 rings (SSSR count). The summed E-state index contributed by atoms with van der Waals surface area (Å²) in [6.07, 6.45) is 5.30. The van der Waals surface area contributed by atoms with Gasteiger partial charge in [0.25, 0.3) is 0 Å². The molecule has 0 bridgehead atoms. The van der Waals surface area contributed by atoms with Crippen LogP contribution in [0.25, 0.3) is 5.65 Å². The van der Waals surface area contributed by atoms with Crippen LogP contribution in [-0.4, -0.2) is 24.6 Å². The van der Waals surface area contributed by atoms with E-state index in [-0.39, 0.29) is 0 Å². The standard InChI is InChI=1S/C13H12ClN5/c1-9-16-11(14)7-13-18-17-12(19(9)13)5-4-10-3-2-6-15-8-10/h2-3,6-8H,4-5H2,1H3. The van der Waals surface area contributed by atoms with Gasteiger partial charge in [-0.25, -0.2) is 4.98 Å². The fraction of sp³-hybridized carbons (Fsp3) is 0.231. The van der Waals surface area contributed by atoms with E-state index in [1.807, 2.05) is 23.6 Å². The molecule has 0 aliphatic rings. The minimum atomic E-state index is 0.441. The smallest absolute Gasteiger partial charge is 0.165 e. The van der Waals surface area contributed by atoms with Crippen LogP contribution in [0.3, 0.4) is 0 Å². The first-order valence-electron chi connectivity index (χ1n) is 6.00. The molecular formula is C13H12ClN5. The van der Waals surface area contributed by atoms with Gasteiger partial charge in [0.2, 0.25) is 0 Å². The van der Waals surface area contributed by atoms with E-state index >= 15 is 0 Å². The highest BCUT2D eigenvalue weighted by atomic mass is 35.5. The van der Waals surface area contributed by atoms with Gasteiger partial charge in [0, 0.05) is 24.9 Å². The van der Waals surface area contributed by atoms with E-state index in [4.69, 9.17) is 11.6 Å². The van der Waals surface area contributed by atoms with Gasteiger partial charge in [-0.05, 0) is 25.0 Å². The monoisotopic (exact) mass is 273 g/mol. The topological polar surface area (TPSA) is 56.0 Å². The predicted octanol–water partition coefficient (Wildman–Crippen LogP) is 2.27. The molecule has 0 aromatic carbocycles. The molecule has 0 saturated heterocycles. The molecule has 0 amide bonds. The van der Waals surface area contributed by atoms with Gasteiger partial charge in [-0.15, -0.1) is 10.2 Å². The molecule has 0 fully saturated rings. The maximum Gasteiger partial charge on any atom is 0.165 e. The van der Waals surface area contributed by atoms with E-state index in [2.05, 4.69) is 26.2 Å². The zero-order valence-corrected chi connectivity index (χ0v) is 11.2. The fourth-order valence-electron chi connectivity index (χ4n) is 2.08. The van der Waals surface area contributed by atoms with E-state index in [1.54, 1.807) is 12.3 Å². The largest absolute Gasteiger partial charge is 0.267 e. The number of aryl methyl sites for hydroxylation is 3. The second-order valence-corrected chi connectivity index (χ2v) is 4.68. The number of halogens is 1. The number of nitrogens with zero attached hydrogens (tertiary/aromatic N) is 5. The zero-order valence-electron chi connectivity index (χ0n) is 10.4. The van der Waals surface area contributed by atoms with Crippen molar-refractivity contribution in [3.8, 4) is 0 Å². The molecule has 96 valence electrons. The summed E-state index contributed by atoms with van der Waals surface area (Å²) in [6.45, 7) is 1.90. The Labute approximate surface area is 115 Å². The van der Waals surface area contributed by atoms with Gasteiger partial charge in [-0.2, -0.15) is 0 Å². The van der Waals surface area contributed by atoms with Crippen molar-refractivity contribution in [3.63, 3.8) is 0 Å². The van der Waals surface area contributed by atoms with Crippen LogP contribution in [0.5, 0.6) is 0 Å². The summed E-state index contributed by atoms with van der Waals surface area (Å²) in [5, 5.41) is 8.77. The molecule has 3 aromatic heterocycles. The number of fused-ring (bicyclic) bond motifs is 1. The molecule has 3 aromatic rings. The summed E-state index contributed by atoms with van der Waals surface area (Å²) in [7, 11) is 0. The van der Waals surface area contributed by atoms with Crippen LogP contribution in [-0.2, 0) is 12.8 Å². The Hall–Kier alpha value is -2.01. The summed E-state index contributed by atoms with van der Waals surface area (Å²) >= 11 is 5.91. The number of pyridine rings is 1. The lowest BCUT2D eigenvalue weighted by Gasteiger charge is -2.03. The van der Waals surface area contributed by atoms with Crippen LogP contribution in [0.4, 0.5) is 0 Å². The summed E-state index contributed by atoms with van der Waals surface area (Å²) < 4.78 is 1.93. The fourth-order valence-corrected chi connectivity index (χ4v) is 2.30. The molecule has 0 unspecified atom stereocenters. The Kier molecular flexibility index (Phi) is 3.13. The van der Waals surface area contributed by atoms with Crippen molar-refractivity contribution in [3.05, 3.63) is 53.0 Å². The Balaban J connectivity index is 1.90. The lowest BCUT2D eigenvalue weighted by atomic mass is 10.1. The number of hydrogen-bond acceptors (Lipinski definition) is 4. The lowest BCUT2D eigenvalue weighted by molar-refractivity contribution is 0.813. The van der Waals surface area contributed by atoms with Gasteiger partial charge < -0.3 is 0 Å². The molecule has 0 aliphatic carbocycles. The first-order valence-corrected chi connectivity index (χ1v) is 6.38. The Bertz CT molecular complexity index is 708. The summed E-state index contributed by atoms with van der Waals surface area (Å²) in [5.74, 6) is 1.69. The van der Waals surface area contributed by atoms with Gasteiger partial charge >= 0.3 is 0 Å². The first kappa shape index (κ1) is 12.0. The van der Waals surface area contributed by atoms with E-state index < -0.39 is 0 Å². The highest BCUT2D eigenvalue weighted by Crippen LogP contribution is 2.13. The van der Waals surface area contributed by atoms with Crippen LogP contribution >= 0.6 is 11.6 Å². The molecule has 0 radical (unpaired) electrons. The van der Waals surface area contributed by atoms with Gasteiger partial charge in [-0.1, -0.05) is 17.7 Å². The Morgan fingerprint density at radius 2 is 2.16 bits per heavy atom. The molecule has 19 heavy (non-hydrogen) atoms. The highest BCUT2D eigenvalue weighted by molar-refractivity contribution is 6.29. The van der Waals surface area contributed by atoms with Gasteiger partial charge in [0.15, 0.2) is 5.65 Å². The normalized spacial score (nSPS) is 11.1. The van der Waals surface area contributed by atoms with Gasteiger partial charge in [0.1, 0.15) is 16.8 Å². The second-order valence-electron chi connectivity index (χ2n) is 4.30. The maximum absolute atomic E-state index is 5.91. The molecule has 0 spiro atoms. The van der Waals surface area contributed by atoms with Crippen LogP contribution < -0.4 is 0 Å². The molecule has 6 heteroatoms. The van der Waals surface area contributed by atoms with Crippen LogP contribution in [0.15, 0.2) is 30.6 Å². The van der Waals surface area contributed by atoms with Crippen molar-refractivity contribution in [1.82, 2.24) is 24.6 Å². The first-order chi connectivity index (χ1) is 9.24. The van der Waals surface area contributed by atoms with E-state index in [9.17, 15) is 0 Å². The van der Waals surface area contributed by atoms with E-state index in [1.165, 1.54) is 5.56 Å². The molecule has 0 aliphatic heterocycles. The van der Waals surface area contributed by atoms with Crippen LogP contribution in [0, 0.1) is 6.92 Å². The number of rotatable bonds is 3. The Morgan fingerprint density at radius 1 is 1.26 bits per heavy atom. The SMILES string of the molecule is Cc1nc(Cl)cc2nnc(CCc3cccnc3)n12. The van der Waals surface area contributed by atoms with Crippen LogP contribution in [0.2, 0.25) is 5.15 Å². The molecule has 0 saturated carbocycles. The summed E-state index contributed by atoms with van der Waals surface area (Å²) in [5.41, 5.74) is 1.91. The second kappa shape index (κ2) is 4.93. The van der Waals surface area contributed by atoms with E-state index in [0.29, 0.717) is 5.15 Å². The average Bonchev–Trinajstić information content (AvgIpc) is 2.81. The lowest BCUT2D eigenvalue weighted by Crippen LogP contribution is -2.03. The van der Waals surface area contributed by atoms with Crippen LogP contribution in [0.1, 0.15) is 17.2 Å². The minimum absolute atomic E-state index is 0.441. The highest BCUT2D eigenvalue weighted by Gasteiger charge is 2.09. The summed E-state index contributed by atoms with van der Waals surface area (Å²) in [4.78, 5) is 8.33. The van der Waals surface area contributed by atoms with Crippen molar-refractivity contribution < 1.29 is 0 Å².